The Balaban J connectivity index is 1.79. The lowest BCUT2D eigenvalue weighted by molar-refractivity contribution is -0.115. The second-order valence-electron chi connectivity index (χ2n) is 6.99. The molecule has 29 heavy (non-hydrogen) atoms. The Labute approximate surface area is 169 Å². The number of benzene rings is 2. The molecule has 0 amide bonds. The summed E-state index contributed by atoms with van der Waals surface area (Å²) in [5.74, 6) is 1.07. The zero-order valence-electron chi connectivity index (χ0n) is 16.4. The van der Waals surface area contributed by atoms with E-state index < -0.39 is 6.04 Å². The van der Waals surface area contributed by atoms with Crippen molar-refractivity contribution < 1.29 is 19.4 Å². The first-order chi connectivity index (χ1) is 14.1. The first-order valence-corrected chi connectivity index (χ1v) is 9.41. The average molecular weight is 393 g/mol. The molecular formula is C22H23N3O4. The Hall–Kier alpha value is -3.32. The van der Waals surface area contributed by atoms with Gasteiger partial charge in [0.15, 0.2) is 5.78 Å². The molecule has 2 aliphatic rings. The van der Waals surface area contributed by atoms with Gasteiger partial charge in [-0.25, -0.2) is 0 Å². The van der Waals surface area contributed by atoms with Crippen LogP contribution in [-0.4, -0.2) is 43.6 Å². The highest BCUT2D eigenvalue weighted by Crippen LogP contribution is 2.38. The molecule has 0 bridgehead atoms. The summed E-state index contributed by atoms with van der Waals surface area (Å²) in [4.78, 5) is 14.9. The van der Waals surface area contributed by atoms with E-state index in [1.165, 1.54) is 0 Å². The second kappa shape index (κ2) is 7.60. The van der Waals surface area contributed by atoms with Gasteiger partial charge >= 0.3 is 0 Å². The molecule has 0 saturated carbocycles. The summed E-state index contributed by atoms with van der Waals surface area (Å²) in [6, 6.07) is 12.5. The number of aliphatic hydroxyl groups is 1. The summed E-state index contributed by atoms with van der Waals surface area (Å²) in [7, 11) is 3.11. The number of methoxy groups -OCH3 is 2. The Morgan fingerprint density at radius 2 is 1.86 bits per heavy atom. The third-order valence-corrected chi connectivity index (χ3v) is 5.33. The number of carbonyl (C=O) groups excluding carboxylic acids is 1. The molecule has 2 aromatic carbocycles. The molecule has 1 saturated heterocycles. The molecule has 2 aliphatic heterocycles. The van der Waals surface area contributed by atoms with Crippen molar-refractivity contribution in [1.29, 1.82) is 5.41 Å². The van der Waals surface area contributed by atoms with Gasteiger partial charge in [0.05, 0.1) is 25.5 Å². The van der Waals surface area contributed by atoms with Crippen LogP contribution in [0.5, 0.6) is 11.5 Å². The molecule has 0 aliphatic carbocycles. The summed E-state index contributed by atoms with van der Waals surface area (Å²) in [6.07, 6.45) is 0.797. The molecule has 0 spiro atoms. The van der Waals surface area contributed by atoms with Gasteiger partial charge in [0.25, 0.3) is 0 Å². The summed E-state index contributed by atoms with van der Waals surface area (Å²) < 4.78 is 10.7. The highest BCUT2D eigenvalue weighted by molar-refractivity contribution is 6.35. The minimum Gasteiger partial charge on any atom is -0.497 e. The topological polar surface area (TPSA) is 94.9 Å². The normalized spacial score (nSPS) is 20.7. The van der Waals surface area contributed by atoms with E-state index in [1.807, 2.05) is 24.3 Å². The van der Waals surface area contributed by atoms with E-state index in [1.54, 1.807) is 37.3 Å². The van der Waals surface area contributed by atoms with Crippen molar-refractivity contribution in [3.8, 4) is 11.5 Å². The number of rotatable bonds is 5. The van der Waals surface area contributed by atoms with Gasteiger partial charge in [-0.05, 0) is 18.1 Å². The van der Waals surface area contributed by atoms with E-state index in [0.29, 0.717) is 29.2 Å². The number of ether oxygens (including phenoxy) is 2. The van der Waals surface area contributed by atoms with E-state index in [4.69, 9.17) is 14.9 Å². The van der Waals surface area contributed by atoms with Gasteiger partial charge in [-0.15, -0.1) is 0 Å². The standard InChI is InChI=1S/C22H23N3O4/c1-28-15-10-14(11-16(12-15)29-2)25-19(7-8-26)21(27)20(22(25)23)18-9-13-5-3-4-6-17(13)24-18/h3-6,10-12,19,23-24,26H,7-9H2,1-2H3. The fourth-order valence-corrected chi connectivity index (χ4v) is 3.94. The number of para-hydroxylation sites is 1. The Morgan fingerprint density at radius 1 is 1.17 bits per heavy atom. The maximum atomic E-state index is 13.3. The van der Waals surface area contributed by atoms with Crippen LogP contribution in [0.4, 0.5) is 11.4 Å². The van der Waals surface area contributed by atoms with Crippen LogP contribution in [0, 0.1) is 5.41 Å². The van der Waals surface area contributed by atoms with Gasteiger partial charge in [-0.3, -0.25) is 10.2 Å². The molecule has 7 heteroatoms. The molecule has 2 aromatic rings. The Morgan fingerprint density at radius 3 is 2.48 bits per heavy atom. The minimum atomic E-state index is -0.655. The van der Waals surface area contributed by atoms with Crippen LogP contribution in [0.15, 0.2) is 53.7 Å². The number of ketones is 1. The predicted octanol–water partition coefficient (Wildman–Crippen LogP) is 2.74. The first-order valence-electron chi connectivity index (χ1n) is 9.41. The van der Waals surface area contributed by atoms with Gasteiger partial charge in [-0.1, -0.05) is 18.2 Å². The van der Waals surface area contributed by atoms with Crippen LogP contribution in [0.2, 0.25) is 0 Å². The minimum absolute atomic E-state index is 0.110. The zero-order chi connectivity index (χ0) is 20.5. The number of nitrogens with one attached hydrogen (secondary N) is 2. The van der Waals surface area contributed by atoms with Crippen molar-refractivity contribution in [1.82, 2.24) is 0 Å². The molecule has 4 rings (SSSR count). The third-order valence-electron chi connectivity index (χ3n) is 5.33. The number of hydrogen-bond donors (Lipinski definition) is 3. The monoisotopic (exact) mass is 393 g/mol. The quantitative estimate of drug-likeness (QED) is 0.676. The highest BCUT2D eigenvalue weighted by atomic mass is 16.5. The van der Waals surface area contributed by atoms with Gasteiger partial charge < -0.3 is 24.8 Å². The van der Waals surface area contributed by atoms with Crippen LogP contribution in [0.25, 0.3) is 0 Å². The number of hydrogen-bond acceptors (Lipinski definition) is 6. The first kappa shape index (κ1) is 19.0. The van der Waals surface area contributed by atoms with Crippen molar-refractivity contribution in [3.05, 3.63) is 59.3 Å². The van der Waals surface area contributed by atoms with Gasteiger partial charge in [0, 0.05) is 42.6 Å². The molecule has 3 N–H and O–H groups in total. The van der Waals surface area contributed by atoms with Gasteiger partial charge in [0.1, 0.15) is 23.4 Å². The number of nitrogens with zero attached hydrogens (tertiary/aromatic N) is 1. The molecule has 1 fully saturated rings. The predicted molar refractivity (Wildman–Crippen MR) is 111 cm³/mol. The van der Waals surface area contributed by atoms with Gasteiger partial charge in [-0.2, -0.15) is 0 Å². The fourth-order valence-electron chi connectivity index (χ4n) is 3.94. The summed E-state index contributed by atoms with van der Waals surface area (Å²) >= 11 is 0. The lowest BCUT2D eigenvalue weighted by Gasteiger charge is -2.25. The van der Waals surface area contributed by atoms with E-state index in [2.05, 4.69) is 5.32 Å². The number of amidine groups is 1. The van der Waals surface area contributed by atoms with Crippen LogP contribution in [0.1, 0.15) is 12.0 Å². The van der Waals surface area contributed by atoms with Crippen LogP contribution in [0.3, 0.4) is 0 Å². The summed E-state index contributed by atoms with van der Waals surface area (Å²) in [5, 5.41) is 21.7. The number of allylic oxidation sites excluding steroid dienone is 1. The number of Topliss-reactive ketones (excluding diaryl/α,β-unsaturated/α-hetero) is 1. The Bertz CT molecular complexity index is 966. The van der Waals surface area contributed by atoms with Crippen molar-refractivity contribution in [2.24, 2.45) is 0 Å². The maximum absolute atomic E-state index is 13.3. The van der Waals surface area contributed by atoms with Gasteiger partial charge in [0.2, 0.25) is 0 Å². The van der Waals surface area contributed by atoms with Crippen LogP contribution >= 0.6 is 0 Å². The zero-order valence-corrected chi connectivity index (χ0v) is 16.4. The van der Waals surface area contributed by atoms with E-state index >= 15 is 0 Å². The number of aliphatic hydroxyl groups excluding tert-OH is 1. The number of anilines is 2. The third kappa shape index (κ3) is 3.23. The molecule has 0 aromatic heterocycles. The molecule has 1 unspecified atom stereocenters. The molecule has 2 heterocycles. The number of carbonyl (C=O) groups is 1. The van der Waals surface area contributed by atoms with E-state index in [0.717, 1.165) is 16.9 Å². The Kier molecular flexibility index (Phi) is 4.98. The SMILES string of the molecule is COc1cc(OC)cc(N2C(=N)C(=C3Cc4ccccc4N3)C(=O)C2CCO)c1. The summed E-state index contributed by atoms with van der Waals surface area (Å²) in [6.45, 7) is -0.155. The van der Waals surface area contributed by atoms with E-state index in [9.17, 15) is 9.90 Å². The average Bonchev–Trinajstić information content (AvgIpc) is 3.26. The molecule has 150 valence electrons. The molecule has 7 nitrogen and oxygen atoms in total. The highest BCUT2D eigenvalue weighted by Gasteiger charge is 2.43. The van der Waals surface area contributed by atoms with Crippen molar-refractivity contribution >= 4 is 23.0 Å². The largest absolute Gasteiger partial charge is 0.497 e. The number of fused-ring (bicyclic) bond motifs is 1. The fraction of sp³-hybridized carbons (Fsp3) is 0.273. The molecular weight excluding hydrogens is 370 g/mol. The van der Waals surface area contributed by atoms with Crippen molar-refractivity contribution in [2.45, 2.75) is 18.9 Å². The molecule has 1 atom stereocenters. The van der Waals surface area contributed by atoms with Crippen LogP contribution < -0.4 is 19.7 Å². The second-order valence-corrected chi connectivity index (χ2v) is 6.99. The van der Waals surface area contributed by atoms with Crippen molar-refractivity contribution in [3.63, 3.8) is 0 Å². The maximum Gasteiger partial charge on any atom is 0.191 e. The van der Waals surface area contributed by atoms with Crippen LogP contribution in [-0.2, 0) is 11.2 Å². The summed E-state index contributed by atoms with van der Waals surface area (Å²) in [5.41, 5.74) is 3.75. The van der Waals surface area contributed by atoms with E-state index in [-0.39, 0.29) is 24.6 Å². The lowest BCUT2D eigenvalue weighted by atomic mass is 10.0. The molecule has 0 radical (unpaired) electrons. The lowest BCUT2D eigenvalue weighted by Crippen LogP contribution is -2.36. The van der Waals surface area contributed by atoms with Crippen molar-refractivity contribution in [2.75, 3.05) is 31.0 Å². The smallest absolute Gasteiger partial charge is 0.191 e.